The third kappa shape index (κ3) is 2.87. The molecule has 1 aromatic rings. The monoisotopic (exact) mass is 234 g/mol. The zero-order chi connectivity index (χ0) is 12.3. The third-order valence-electron chi connectivity index (χ3n) is 3.02. The van der Waals surface area contributed by atoms with Crippen molar-refractivity contribution in [2.24, 2.45) is 0 Å². The van der Waals surface area contributed by atoms with Crippen LogP contribution in [-0.4, -0.2) is 42.0 Å². The molecule has 0 radical (unpaired) electrons. The highest BCUT2D eigenvalue weighted by atomic mass is 16.2. The lowest BCUT2D eigenvalue weighted by Gasteiger charge is -2.22. The van der Waals surface area contributed by atoms with Crippen LogP contribution in [-0.2, 0) is 4.79 Å². The van der Waals surface area contributed by atoms with Gasteiger partial charge >= 0.3 is 0 Å². The first-order valence-electron chi connectivity index (χ1n) is 5.90. The summed E-state index contributed by atoms with van der Waals surface area (Å²) >= 11 is 0. The predicted octanol–water partition coefficient (Wildman–Crippen LogP) is 0.722. The maximum atomic E-state index is 11.3. The normalized spacial score (nSPS) is 16.8. The number of amides is 1. The van der Waals surface area contributed by atoms with Gasteiger partial charge in [0.1, 0.15) is 11.6 Å². The number of aromatic nitrogens is 1. The standard InChI is InChI=1S/C12H18N4O/c1-10(17)15-6-3-7-16(9-8-15)12-5-2-4-11(13)14-12/h2,4-5H,3,6-9H2,1H3,(H2,13,14). The fraction of sp³-hybridized carbons (Fsp3) is 0.500. The Bertz CT molecular complexity index is 407. The molecule has 1 aromatic heterocycles. The van der Waals surface area contributed by atoms with Crippen LogP contribution in [0, 0.1) is 0 Å². The van der Waals surface area contributed by atoms with Crippen LogP contribution in [0.3, 0.4) is 0 Å². The second-order valence-electron chi connectivity index (χ2n) is 4.27. The van der Waals surface area contributed by atoms with Gasteiger partial charge in [-0.1, -0.05) is 6.07 Å². The summed E-state index contributed by atoms with van der Waals surface area (Å²) in [7, 11) is 0. The molecular weight excluding hydrogens is 216 g/mol. The van der Waals surface area contributed by atoms with Gasteiger partial charge in [-0.2, -0.15) is 0 Å². The summed E-state index contributed by atoms with van der Waals surface area (Å²) in [5.74, 6) is 1.58. The van der Waals surface area contributed by atoms with Crippen LogP contribution in [0.4, 0.5) is 11.6 Å². The summed E-state index contributed by atoms with van der Waals surface area (Å²) < 4.78 is 0. The minimum absolute atomic E-state index is 0.146. The molecule has 1 saturated heterocycles. The topological polar surface area (TPSA) is 62.5 Å². The number of nitrogens with two attached hydrogens (primary N) is 1. The number of carbonyl (C=O) groups is 1. The zero-order valence-electron chi connectivity index (χ0n) is 10.1. The molecule has 5 nitrogen and oxygen atoms in total. The lowest BCUT2D eigenvalue weighted by atomic mass is 10.3. The van der Waals surface area contributed by atoms with Crippen molar-refractivity contribution in [1.82, 2.24) is 9.88 Å². The van der Waals surface area contributed by atoms with Crippen molar-refractivity contribution in [2.75, 3.05) is 36.8 Å². The van der Waals surface area contributed by atoms with E-state index < -0.39 is 0 Å². The van der Waals surface area contributed by atoms with Crippen LogP contribution < -0.4 is 10.6 Å². The molecule has 2 heterocycles. The van der Waals surface area contributed by atoms with Crippen LogP contribution >= 0.6 is 0 Å². The molecule has 1 aliphatic heterocycles. The third-order valence-corrected chi connectivity index (χ3v) is 3.02. The lowest BCUT2D eigenvalue weighted by Crippen LogP contribution is -2.33. The van der Waals surface area contributed by atoms with Crippen LogP contribution in [0.2, 0.25) is 0 Å². The van der Waals surface area contributed by atoms with E-state index >= 15 is 0 Å². The van der Waals surface area contributed by atoms with Gasteiger partial charge in [-0.3, -0.25) is 4.79 Å². The van der Waals surface area contributed by atoms with Crippen molar-refractivity contribution >= 4 is 17.5 Å². The van der Waals surface area contributed by atoms with Crippen LogP contribution in [0.5, 0.6) is 0 Å². The molecule has 0 unspecified atom stereocenters. The van der Waals surface area contributed by atoms with Gasteiger partial charge < -0.3 is 15.5 Å². The molecule has 17 heavy (non-hydrogen) atoms. The molecule has 2 rings (SSSR count). The van der Waals surface area contributed by atoms with Crippen molar-refractivity contribution in [3.63, 3.8) is 0 Å². The van der Waals surface area contributed by atoms with Gasteiger partial charge in [0.05, 0.1) is 0 Å². The van der Waals surface area contributed by atoms with Crippen molar-refractivity contribution in [3.05, 3.63) is 18.2 Å². The second-order valence-corrected chi connectivity index (χ2v) is 4.27. The number of rotatable bonds is 1. The van der Waals surface area contributed by atoms with E-state index in [1.165, 1.54) is 0 Å². The quantitative estimate of drug-likeness (QED) is 0.778. The summed E-state index contributed by atoms with van der Waals surface area (Å²) in [6, 6.07) is 5.65. The van der Waals surface area contributed by atoms with E-state index in [0.29, 0.717) is 5.82 Å². The van der Waals surface area contributed by atoms with Gasteiger partial charge in [-0.15, -0.1) is 0 Å². The SMILES string of the molecule is CC(=O)N1CCCN(c2cccc(N)n2)CC1. The van der Waals surface area contributed by atoms with Gasteiger partial charge in [-0.25, -0.2) is 4.98 Å². The fourth-order valence-corrected chi connectivity index (χ4v) is 2.08. The molecule has 1 fully saturated rings. The van der Waals surface area contributed by atoms with Gasteiger partial charge in [0.25, 0.3) is 0 Å². The van der Waals surface area contributed by atoms with E-state index in [0.717, 1.165) is 38.4 Å². The first-order valence-corrected chi connectivity index (χ1v) is 5.90. The molecular formula is C12H18N4O. The van der Waals surface area contributed by atoms with E-state index in [1.807, 2.05) is 17.0 Å². The fourth-order valence-electron chi connectivity index (χ4n) is 2.08. The summed E-state index contributed by atoms with van der Waals surface area (Å²) in [5, 5.41) is 0. The molecule has 0 atom stereocenters. The Kier molecular flexibility index (Phi) is 3.46. The van der Waals surface area contributed by atoms with Crippen molar-refractivity contribution in [1.29, 1.82) is 0 Å². The number of carbonyl (C=O) groups excluding carboxylic acids is 1. The van der Waals surface area contributed by atoms with E-state index in [9.17, 15) is 4.79 Å². The van der Waals surface area contributed by atoms with E-state index in [1.54, 1.807) is 13.0 Å². The van der Waals surface area contributed by atoms with Gasteiger partial charge in [0.15, 0.2) is 0 Å². The Hall–Kier alpha value is -1.78. The number of pyridine rings is 1. The predicted molar refractivity (Wildman–Crippen MR) is 67.7 cm³/mol. The van der Waals surface area contributed by atoms with Crippen LogP contribution in [0.25, 0.3) is 0 Å². The molecule has 0 aromatic carbocycles. The van der Waals surface area contributed by atoms with E-state index in [4.69, 9.17) is 5.73 Å². The first kappa shape index (κ1) is 11.7. The van der Waals surface area contributed by atoms with Crippen molar-refractivity contribution in [3.8, 4) is 0 Å². The molecule has 0 aliphatic carbocycles. The Morgan fingerprint density at radius 2 is 2.12 bits per heavy atom. The average Bonchev–Trinajstić information content (AvgIpc) is 2.54. The Balaban J connectivity index is 2.06. The number of hydrogen-bond donors (Lipinski definition) is 1. The van der Waals surface area contributed by atoms with Gasteiger partial charge in [0, 0.05) is 33.1 Å². The summed E-state index contributed by atoms with van der Waals surface area (Å²) in [6.45, 7) is 4.94. The van der Waals surface area contributed by atoms with Gasteiger partial charge in [-0.05, 0) is 18.6 Å². The van der Waals surface area contributed by atoms with Crippen LogP contribution in [0.15, 0.2) is 18.2 Å². The molecule has 5 heteroatoms. The second kappa shape index (κ2) is 5.03. The number of anilines is 2. The maximum absolute atomic E-state index is 11.3. The summed E-state index contributed by atoms with van der Waals surface area (Å²) in [6.07, 6.45) is 0.968. The van der Waals surface area contributed by atoms with E-state index in [-0.39, 0.29) is 5.91 Å². The summed E-state index contributed by atoms with van der Waals surface area (Å²) in [4.78, 5) is 19.7. The number of hydrogen-bond acceptors (Lipinski definition) is 4. The van der Waals surface area contributed by atoms with Gasteiger partial charge in [0.2, 0.25) is 5.91 Å². The van der Waals surface area contributed by atoms with Crippen molar-refractivity contribution in [2.45, 2.75) is 13.3 Å². The van der Waals surface area contributed by atoms with Crippen molar-refractivity contribution < 1.29 is 4.79 Å². The first-order chi connectivity index (χ1) is 8.16. The molecule has 92 valence electrons. The van der Waals surface area contributed by atoms with E-state index in [2.05, 4.69) is 9.88 Å². The number of nitrogen functional groups attached to an aromatic ring is 1. The Labute approximate surface area is 101 Å². The maximum Gasteiger partial charge on any atom is 0.219 e. The Morgan fingerprint density at radius 1 is 1.29 bits per heavy atom. The minimum Gasteiger partial charge on any atom is -0.384 e. The Morgan fingerprint density at radius 3 is 2.82 bits per heavy atom. The minimum atomic E-state index is 0.146. The smallest absolute Gasteiger partial charge is 0.219 e. The lowest BCUT2D eigenvalue weighted by molar-refractivity contribution is -0.128. The summed E-state index contributed by atoms with van der Waals surface area (Å²) in [5.41, 5.74) is 5.68. The van der Waals surface area contributed by atoms with Crippen LogP contribution in [0.1, 0.15) is 13.3 Å². The molecule has 1 amide bonds. The molecule has 0 spiro atoms. The molecule has 0 bridgehead atoms. The molecule has 0 saturated carbocycles. The highest BCUT2D eigenvalue weighted by Crippen LogP contribution is 2.15. The number of nitrogens with zero attached hydrogens (tertiary/aromatic N) is 3. The average molecular weight is 234 g/mol. The molecule has 1 aliphatic rings. The highest BCUT2D eigenvalue weighted by molar-refractivity contribution is 5.73. The largest absolute Gasteiger partial charge is 0.384 e. The zero-order valence-corrected chi connectivity index (χ0v) is 10.1. The highest BCUT2D eigenvalue weighted by Gasteiger charge is 2.17. The molecule has 2 N–H and O–H groups in total.